The number of rotatable bonds is 3. The molecule has 0 bridgehead atoms. The monoisotopic (exact) mass is 358 g/mol. The van der Waals surface area contributed by atoms with Gasteiger partial charge >= 0.3 is 0 Å². The number of nitrogens with one attached hydrogen (secondary N) is 1. The molecule has 1 aromatic heterocycles. The van der Waals surface area contributed by atoms with Crippen molar-refractivity contribution in [2.45, 2.75) is 19.9 Å². The Morgan fingerprint density at radius 3 is 2.89 bits per heavy atom. The van der Waals surface area contributed by atoms with E-state index in [0.717, 1.165) is 10.7 Å². The largest absolute Gasteiger partial charge is 0.343 e. The van der Waals surface area contributed by atoms with Gasteiger partial charge in [0.05, 0.1) is 16.6 Å². The van der Waals surface area contributed by atoms with E-state index in [1.165, 1.54) is 11.3 Å². The summed E-state index contributed by atoms with van der Waals surface area (Å²) in [7, 11) is 0. The second-order valence-corrected chi connectivity index (χ2v) is 6.25. The third-order valence-corrected chi connectivity index (χ3v) is 4.99. The zero-order chi connectivity index (χ0) is 14.0. The zero-order valence-electron chi connectivity index (χ0n) is 10.4. The summed E-state index contributed by atoms with van der Waals surface area (Å²) in [4.78, 5) is 16.5. The lowest BCUT2D eigenvalue weighted by Gasteiger charge is -2.12. The third kappa shape index (κ3) is 3.35. The van der Waals surface area contributed by atoms with Crippen LogP contribution in [0, 0.1) is 6.92 Å². The number of aromatic nitrogens is 1. The number of thiazole rings is 1. The van der Waals surface area contributed by atoms with Crippen LogP contribution in [0.2, 0.25) is 5.02 Å². The van der Waals surface area contributed by atoms with E-state index in [1.54, 1.807) is 18.2 Å². The van der Waals surface area contributed by atoms with Crippen molar-refractivity contribution >= 4 is 44.8 Å². The van der Waals surface area contributed by atoms with E-state index in [2.05, 4.69) is 26.2 Å². The van der Waals surface area contributed by atoms with Crippen LogP contribution in [-0.4, -0.2) is 10.9 Å². The molecule has 0 aliphatic heterocycles. The van der Waals surface area contributed by atoms with Crippen LogP contribution in [-0.2, 0) is 0 Å². The Balaban J connectivity index is 2.15. The lowest BCUT2D eigenvalue weighted by molar-refractivity contribution is 0.0940. The first kappa shape index (κ1) is 14.5. The van der Waals surface area contributed by atoms with Crippen molar-refractivity contribution in [3.8, 4) is 0 Å². The molecule has 2 rings (SSSR count). The van der Waals surface area contributed by atoms with Crippen molar-refractivity contribution in [1.29, 1.82) is 0 Å². The topological polar surface area (TPSA) is 42.0 Å². The predicted octanol–water partition coefficient (Wildman–Crippen LogP) is 4.36. The summed E-state index contributed by atoms with van der Waals surface area (Å²) in [5.41, 5.74) is 1.41. The van der Waals surface area contributed by atoms with Gasteiger partial charge < -0.3 is 5.32 Å². The molecule has 0 aliphatic rings. The molecule has 3 nitrogen and oxygen atoms in total. The van der Waals surface area contributed by atoms with Crippen LogP contribution in [0.15, 0.2) is 28.1 Å². The van der Waals surface area contributed by atoms with Gasteiger partial charge in [0.15, 0.2) is 0 Å². The summed E-state index contributed by atoms with van der Waals surface area (Å²) in [6, 6.07) is 5.14. The minimum Gasteiger partial charge on any atom is -0.343 e. The molecule has 1 amide bonds. The Morgan fingerprint density at radius 1 is 1.53 bits per heavy atom. The highest BCUT2D eigenvalue weighted by Gasteiger charge is 2.17. The predicted molar refractivity (Wildman–Crippen MR) is 81.9 cm³/mol. The van der Waals surface area contributed by atoms with Crippen molar-refractivity contribution in [3.63, 3.8) is 0 Å². The maximum absolute atomic E-state index is 12.2. The molecule has 0 fully saturated rings. The molecule has 2 aromatic rings. The van der Waals surface area contributed by atoms with E-state index in [4.69, 9.17) is 11.6 Å². The molecule has 0 aliphatic carbocycles. The number of hydrogen-bond acceptors (Lipinski definition) is 3. The van der Waals surface area contributed by atoms with Crippen LogP contribution in [0.1, 0.15) is 34.0 Å². The highest BCUT2D eigenvalue weighted by molar-refractivity contribution is 9.10. The number of carbonyl (C=O) groups is 1. The van der Waals surface area contributed by atoms with Gasteiger partial charge in [0.2, 0.25) is 0 Å². The quantitative estimate of drug-likeness (QED) is 0.885. The summed E-state index contributed by atoms with van der Waals surface area (Å²) in [6.07, 6.45) is 0. The van der Waals surface area contributed by atoms with E-state index in [0.29, 0.717) is 15.1 Å². The Bertz CT molecular complexity index is 614. The van der Waals surface area contributed by atoms with Crippen LogP contribution in [0.4, 0.5) is 0 Å². The molecule has 0 spiro atoms. The van der Waals surface area contributed by atoms with Gasteiger partial charge in [0, 0.05) is 15.5 Å². The van der Waals surface area contributed by atoms with Gasteiger partial charge in [0.25, 0.3) is 5.91 Å². The summed E-state index contributed by atoms with van der Waals surface area (Å²) in [5, 5.41) is 6.17. The van der Waals surface area contributed by atoms with Crippen LogP contribution in [0.5, 0.6) is 0 Å². The maximum Gasteiger partial charge on any atom is 0.253 e. The molecule has 1 heterocycles. The van der Waals surface area contributed by atoms with E-state index in [1.807, 2.05) is 19.2 Å². The average molecular weight is 360 g/mol. The first-order chi connectivity index (χ1) is 8.99. The standard InChI is InChI=1S/C13H12BrClN2OS/c1-7-6-19-13(16-7)8(2)17-12(18)9-4-3-5-10(14)11(9)15/h3-6,8H,1-2H3,(H,17,18). The number of hydrogen-bond donors (Lipinski definition) is 1. The average Bonchev–Trinajstić information content (AvgIpc) is 2.79. The van der Waals surface area contributed by atoms with Gasteiger partial charge in [-0.1, -0.05) is 17.7 Å². The van der Waals surface area contributed by atoms with Crippen molar-refractivity contribution in [2.24, 2.45) is 0 Å². The Labute approximate surface area is 129 Å². The normalized spacial score (nSPS) is 12.2. The van der Waals surface area contributed by atoms with Gasteiger partial charge in [-0.05, 0) is 41.9 Å². The summed E-state index contributed by atoms with van der Waals surface area (Å²) < 4.78 is 0.708. The van der Waals surface area contributed by atoms with E-state index < -0.39 is 0 Å². The number of halogens is 2. The van der Waals surface area contributed by atoms with Gasteiger partial charge in [-0.3, -0.25) is 4.79 Å². The Kier molecular flexibility index (Phi) is 4.60. The van der Waals surface area contributed by atoms with Gasteiger partial charge in [0.1, 0.15) is 5.01 Å². The molecule has 1 aromatic carbocycles. The van der Waals surface area contributed by atoms with Crippen LogP contribution in [0.3, 0.4) is 0 Å². The van der Waals surface area contributed by atoms with Crippen molar-refractivity contribution in [2.75, 3.05) is 0 Å². The minimum atomic E-state index is -0.202. The fourth-order valence-corrected chi connectivity index (χ4v) is 2.97. The molecule has 6 heteroatoms. The lowest BCUT2D eigenvalue weighted by Crippen LogP contribution is -2.26. The summed E-state index contributed by atoms with van der Waals surface area (Å²) in [5.74, 6) is -0.202. The molecular weight excluding hydrogens is 348 g/mol. The summed E-state index contributed by atoms with van der Waals surface area (Å²) >= 11 is 10.9. The minimum absolute atomic E-state index is 0.138. The fourth-order valence-electron chi connectivity index (χ4n) is 1.59. The van der Waals surface area contributed by atoms with Gasteiger partial charge in [-0.25, -0.2) is 4.98 Å². The van der Waals surface area contributed by atoms with E-state index in [9.17, 15) is 4.79 Å². The number of nitrogens with zero attached hydrogens (tertiary/aromatic N) is 1. The van der Waals surface area contributed by atoms with Crippen molar-refractivity contribution in [3.05, 3.63) is 49.3 Å². The second kappa shape index (κ2) is 6.03. The van der Waals surface area contributed by atoms with Crippen molar-refractivity contribution < 1.29 is 4.79 Å². The Morgan fingerprint density at radius 2 is 2.26 bits per heavy atom. The molecule has 19 heavy (non-hydrogen) atoms. The van der Waals surface area contributed by atoms with Gasteiger partial charge in [-0.15, -0.1) is 11.3 Å². The summed E-state index contributed by atoms with van der Waals surface area (Å²) in [6.45, 7) is 3.84. The highest BCUT2D eigenvalue weighted by atomic mass is 79.9. The SMILES string of the molecule is Cc1csc(C(C)NC(=O)c2cccc(Br)c2Cl)n1. The number of amides is 1. The van der Waals surface area contributed by atoms with Crippen LogP contribution < -0.4 is 5.32 Å². The first-order valence-electron chi connectivity index (χ1n) is 5.66. The van der Waals surface area contributed by atoms with E-state index in [-0.39, 0.29) is 11.9 Å². The fraction of sp³-hybridized carbons (Fsp3) is 0.231. The number of aryl methyl sites for hydroxylation is 1. The smallest absolute Gasteiger partial charge is 0.253 e. The number of carbonyl (C=O) groups excluding carboxylic acids is 1. The first-order valence-corrected chi connectivity index (χ1v) is 7.71. The van der Waals surface area contributed by atoms with Crippen LogP contribution in [0.25, 0.3) is 0 Å². The Hall–Kier alpha value is -0.910. The van der Waals surface area contributed by atoms with Crippen LogP contribution >= 0.6 is 38.9 Å². The van der Waals surface area contributed by atoms with E-state index >= 15 is 0 Å². The molecule has 1 atom stereocenters. The lowest BCUT2D eigenvalue weighted by atomic mass is 10.2. The van der Waals surface area contributed by atoms with Crippen molar-refractivity contribution in [1.82, 2.24) is 10.3 Å². The third-order valence-electron chi connectivity index (χ3n) is 2.55. The molecular formula is C13H12BrClN2OS. The molecule has 1 unspecified atom stereocenters. The zero-order valence-corrected chi connectivity index (χ0v) is 13.6. The molecule has 0 radical (unpaired) electrons. The second-order valence-electron chi connectivity index (χ2n) is 4.12. The maximum atomic E-state index is 12.2. The molecule has 1 N–H and O–H groups in total. The molecule has 100 valence electrons. The highest BCUT2D eigenvalue weighted by Crippen LogP contribution is 2.26. The number of benzene rings is 1. The van der Waals surface area contributed by atoms with Gasteiger partial charge in [-0.2, -0.15) is 0 Å². The molecule has 0 saturated heterocycles. The molecule has 0 saturated carbocycles.